The molecule has 0 spiro atoms. The normalized spacial score (nSPS) is 10.8. The van der Waals surface area contributed by atoms with Gasteiger partial charge in [0, 0.05) is 16.0 Å². The molecule has 0 radical (unpaired) electrons. The molecule has 0 aliphatic carbocycles. The molecule has 1 heterocycles. The Morgan fingerprint density at radius 3 is 2.68 bits per heavy atom. The van der Waals surface area contributed by atoms with Gasteiger partial charge in [0.1, 0.15) is 0 Å². The lowest BCUT2D eigenvalue weighted by Gasteiger charge is -2.02. The third-order valence-electron chi connectivity index (χ3n) is 2.14. The lowest BCUT2D eigenvalue weighted by molar-refractivity contribution is -0.114. The molecule has 100 valence electrons. The fraction of sp³-hybridized carbons (Fsp3) is 0.0909. The quantitative estimate of drug-likeness (QED) is 0.799. The Hall–Kier alpha value is -0.520. The van der Waals surface area contributed by atoms with Crippen molar-refractivity contribution >= 4 is 68.8 Å². The van der Waals surface area contributed by atoms with Gasteiger partial charge in [-0.25, -0.2) is 4.98 Å². The van der Waals surface area contributed by atoms with E-state index in [0.29, 0.717) is 20.9 Å². The van der Waals surface area contributed by atoms with E-state index in [2.05, 4.69) is 10.3 Å². The van der Waals surface area contributed by atoms with Crippen LogP contribution in [0.1, 0.15) is 0 Å². The van der Waals surface area contributed by atoms with Crippen LogP contribution in [0.5, 0.6) is 0 Å². The van der Waals surface area contributed by atoms with Gasteiger partial charge in [-0.3, -0.25) is 10.1 Å². The first-order valence-corrected chi connectivity index (χ1v) is 7.48. The Balaban J connectivity index is 2.23. The minimum Gasteiger partial charge on any atom is -0.300 e. The maximum atomic E-state index is 11.3. The Morgan fingerprint density at radius 1 is 1.32 bits per heavy atom. The van der Waals surface area contributed by atoms with Crippen LogP contribution in [0.25, 0.3) is 11.3 Å². The van der Waals surface area contributed by atoms with Gasteiger partial charge >= 0.3 is 0 Å². The third kappa shape index (κ3) is 3.74. The first kappa shape index (κ1) is 14.9. The molecule has 0 aliphatic rings. The molecular formula is C11H6Cl4N2OS. The number of thiazole rings is 1. The highest BCUT2D eigenvalue weighted by molar-refractivity contribution is 7.14. The molecule has 19 heavy (non-hydrogen) atoms. The summed E-state index contributed by atoms with van der Waals surface area (Å²) in [5.41, 5.74) is 1.37. The number of benzene rings is 1. The van der Waals surface area contributed by atoms with E-state index in [-0.39, 0.29) is 0 Å². The summed E-state index contributed by atoms with van der Waals surface area (Å²) in [6.07, 6.45) is 0. The van der Waals surface area contributed by atoms with Crippen molar-refractivity contribution in [2.24, 2.45) is 0 Å². The van der Waals surface area contributed by atoms with Crippen molar-refractivity contribution in [3.05, 3.63) is 33.6 Å². The molecule has 0 fully saturated rings. The van der Waals surface area contributed by atoms with Gasteiger partial charge in [0.25, 0.3) is 5.91 Å². The van der Waals surface area contributed by atoms with Crippen molar-refractivity contribution in [1.82, 2.24) is 4.98 Å². The summed E-state index contributed by atoms with van der Waals surface area (Å²) in [7, 11) is 0. The Bertz CT molecular complexity index is 614. The standard InChI is InChI=1S/C11H6Cl4N2OS/c12-5-1-2-6(7(13)3-5)8-4-19-11(16-8)17-10(18)9(14)15/h1-4,9H,(H,16,17,18). The predicted octanol–water partition coefficient (Wildman–Crippen LogP) is 4.86. The lowest BCUT2D eigenvalue weighted by atomic mass is 10.2. The van der Waals surface area contributed by atoms with E-state index in [1.165, 1.54) is 11.3 Å². The number of carbonyl (C=O) groups excluding carboxylic acids is 1. The molecule has 0 aliphatic heterocycles. The smallest absolute Gasteiger partial charge is 0.259 e. The Labute approximate surface area is 133 Å². The summed E-state index contributed by atoms with van der Waals surface area (Å²) in [6, 6.07) is 5.11. The van der Waals surface area contributed by atoms with Crippen molar-refractivity contribution in [2.45, 2.75) is 4.84 Å². The van der Waals surface area contributed by atoms with E-state index in [1.807, 2.05) is 0 Å². The Kier molecular flexibility index (Phi) is 4.92. The number of aromatic nitrogens is 1. The molecule has 1 N–H and O–H groups in total. The van der Waals surface area contributed by atoms with Gasteiger partial charge in [-0.1, -0.05) is 46.4 Å². The van der Waals surface area contributed by atoms with Crippen LogP contribution in [-0.4, -0.2) is 15.7 Å². The summed E-state index contributed by atoms with van der Waals surface area (Å²) < 4.78 is 0. The van der Waals surface area contributed by atoms with E-state index in [0.717, 1.165) is 5.56 Å². The minimum atomic E-state index is -1.13. The monoisotopic (exact) mass is 354 g/mol. The van der Waals surface area contributed by atoms with Crippen molar-refractivity contribution in [3.8, 4) is 11.3 Å². The van der Waals surface area contributed by atoms with Crippen LogP contribution in [0.15, 0.2) is 23.6 Å². The molecular weight excluding hydrogens is 350 g/mol. The highest BCUT2D eigenvalue weighted by Gasteiger charge is 2.14. The summed E-state index contributed by atoms with van der Waals surface area (Å²) in [4.78, 5) is 14.4. The van der Waals surface area contributed by atoms with Gasteiger partial charge in [-0.2, -0.15) is 0 Å². The molecule has 2 aromatic rings. The number of hydrogen-bond acceptors (Lipinski definition) is 3. The first-order chi connectivity index (χ1) is 8.97. The van der Waals surface area contributed by atoms with Crippen molar-refractivity contribution in [1.29, 1.82) is 0 Å². The van der Waals surface area contributed by atoms with Crippen LogP contribution >= 0.6 is 57.7 Å². The van der Waals surface area contributed by atoms with Gasteiger partial charge < -0.3 is 0 Å². The van der Waals surface area contributed by atoms with Crippen LogP contribution in [-0.2, 0) is 4.79 Å². The second kappa shape index (κ2) is 6.29. The molecule has 3 nitrogen and oxygen atoms in total. The number of alkyl halides is 2. The van der Waals surface area contributed by atoms with E-state index in [9.17, 15) is 4.79 Å². The minimum absolute atomic E-state index is 0.400. The molecule has 0 unspecified atom stereocenters. The van der Waals surface area contributed by atoms with Crippen molar-refractivity contribution < 1.29 is 4.79 Å². The van der Waals surface area contributed by atoms with Gasteiger partial charge in [-0.15, -0.1) is 11.3 Å². The molecule has 1 aromatic carbocycles. The largest absolute Gasteiger partial charge is 0.300 e. The predicted molar refractivity (Wildman–Crippen MR) is 81.7 cm³/mol. The van der Waals surface area contributed by atoms with Crippen LogP contribution in [0.3, 0.4) is 0 Å². The van der Waals surface area contributed by atoms with E-state index < -0.39 is 10.7 Å². The SMILES string of the molecule is O=C(Nc1nc(-c2ccc(Cl)cc2Cl)cs1)C(Cl)Cl. The number of nitrogens with one attached hydrogen (secondary N) is 1. The van der Waals surface area contributed by atoms with Gasteiger partial charge in [-0.05, 0) is 18.2 Å². The van der Waals surface area contributed by atoms with Crippen LogP contribution < -0.4 is 5.32 Å². The number of halogens is 4. The first-order valence-electron chi connectivity index (χ1n) is 4.97. The zero-order valence-corrected chi connectivity index (χ0v) is 13.0. The zero-order valence-electron chi connectivity index (χ0n) is 9.16. The summed E-state index contributed by atoms with van der Waals surface area (Å²) >= 11 is 24.0. The Morgan fingerprint density at radius 2 is 2.05 bits per heavy atom. The topological polar surface area (TPSA) is 42.0 Å². The summed E-state index contributed by atoms with van der Waals surface area (Å²) in [5.74, 6) is -0.522. The van der Waals surface area contributed by atoms with E-state index in [4.69, 9.17) is 46.4 Å². The second-order valence-corrected chi connectivity index (χ2v) is 6.25. The van der Waals surface area contributed by atoms with Gasteiger partial charge in [0.2, 0.25) is 0 Å². The number of hydrogen-bond donors (Lipinski definition) is 1. The van der Waals surface area contributed by atoms with Gasteiger partial charge in [0.05, 0.1) is 10.7 Å². The maximum absolute atomic E-state index is 11.3. The summed E-state index contributed by atoms with van der Waals surface area (Å²) in [6.45, 7) is 0. The molecule has 1 amide bonds. The molecule has 1 aromatic heterocycles. The average molecular weight is 356 g/mol. The van der Waals surface area contributed by atoms with E-state index in [1.54, 1.807) is 23.6 Å². The molecule has 2 rings (SSSR count). The third-order valence-corrected chi connectivity index (χ3v) is 3.84. The highest BCUT2D eigenvalue weighted by Crippen LogP contribution is 2.32. The molecule has 0 saturated carbocycles. The molecule has 0 atom stereocenters. The maximum Gasteiger partial charge on any atom is 0.259 e. The molecule has 0 bridgehead atoms. The summed E-state index contributed by atoms with van der Waals surface area (Å²) in [5, 5.41) is 5.70. The number of nitrogens with zero attached hydrogens (tertiary/aromatic N) is 1. The van der Waals surface area contributed by atoms with Crippen molar-refractivity contribution in [3.63, 3.8) is 0 Å². The van der Waals surface area contributed by atoms with Crippen molar-refractivity contribution in [2.75, 3.05) is 5.32 Å². The fourth-order valence-electron chi connectivity index (χ4n) is 1.31. The van der Waals surface area contributed by atoms with Crippen LogP contribution in [0.4, 0.5) is 5.13 Å². The van der Waals surface area contributed by atoms with Crippen LogP contribution in [0, 0.1) is 0 Å². The zero-order chi connectivity index (χ0) is 14.0. The molecule has 8 heteroatoms. The number of amides is 1. The van der Waals surface area contributed by atoms with E-state index >= 15 is 0 Å². The molecule has 0 saturated heterocycles. The number of rotatable bonds is 3. The number of anilines is 1. The fourth-order valence-corrected chi connectivity index (χ4v) is 2.64. The van der Waals surface area contributed by atoms with Gasteiger partial charge in [0.15, 0.2) is 9.97 Å². The number of carbonyl (C=O) groups is 1. The second-order valence-electron chi connectivity index (χ2n) is 3.45. The average Bonchev–Trinajstić information content (AvgIpc) is 2.77. The highest BCUT2D eigenvalue weighted by atomic mass is 35.5. The lowest BCUT2D eigenvalue weighted by Crippen LogP contribution is -2.18. The van der Waals surface area contributed by atoms with Crippen LogP contribution in [0.2, 0.25) is 10.0 Å².